The number of hydrogen-bond acceptors (Lipinski definition) is 7. The Labute approximate surface area is 252 Å². The first-order valence-electron chi connectivity index (χ1n) is 13.7. The molecule has 0 radical (unpaired) electrons. The highest BCUT2D eigenvalue weighted by molar-refractivity contribution is 7.15. The number of para-hydroxylation sites is 1. The minimum Gasteiger partial charge on any atom is -0.494 e. The molecule has 0 saturated carbocycles. The van der Waals surface area contributed by atoms with Gasteiger partial charge in [0.15, 0.2) is 5.82 Å². The number of thiazole rings is 1. The molecule has 0 fully saturated rings. The quantitative estimate of drug-likeness (QED) is 0.247. The second-order valence-electron chi connectivity index (χ2n) is 10.0. The Kier molecular flexibility index (Phi) is 7.64. The standard InChI is InChI=1S/C31H24F3N5O4S/c1-2-3-15-43-21-13-11-18(12-14-21)27-36-30-39(37-27)29(42)26(44-30)25-22-9-4-5-10-23(22)38(28(25)41)17-24(40)35-20-8-6-7-19(16-20)31(32,33)34/h4-14,16H,2-3,15,17H2,1H3,(H,35,40)/b26-25-. The topological polar surface area (TPSA) is 106 Å². The van der Waals surface area contributed by atoms with Gasteiger partial charge in [-0.15, -0.1) is 5.10 Å². The summed E-state index contributed by atoms with van der Waals surface area (Å²) in [4.78, 5) is 46.0. The van der Waals surface area contributed by atoms with Crippen LogP contribution in [0.25, 0.3) is 21.9 Å². The summed E-state index contributed by atoms with van der Waals surface area (Å²) in [7, 11) is 0. The number of halogens is 3. The van der Waals surface area contributed by atoms with Crippen LogP contribution >= 0.6 is 11.3 Å². The van der Waals surface area contributed by atoms with Gasteiger partial charge in [0.1, 0.15) is 16.8 Å². The molecule has 3 aromatic carbocycles. The molecule has 2 aromatic heterocycles. The fourth-order valence-electron chi connectivity index (χ4n) is 4.82. The number of alkyl halides is 3. The molecule has 13 heteroatoms. The van der Waals surface area contributed by atoms with E-state index in [1.54, 1.807) is 36.4 Å². The van der Waals surface area contributed by atoms with Crippen molar-refractivity contribution in [1.82, 2.24) is 14.6 Å². The average Bonchev–Trinajstić information content (AvgIpc) is 3.64. The van der Waals surface area contributed by atoms with E-state index in [1.807, 2.05) is 12.1 Å². The lowest BCUT2D eigenvalue weighted by molar-refractivity contribution is -0.137. The summed E-state index contributed by atoms with van der Waals surface area (Å²) in [6.07, 6.45) is -2.60. The number of unbranched alkanes of at least 4 members (excludes halogenated alkanes) is 1. The highest BCUT2D eigenvalue weighted by Crippen LogP contribution is 2.35. The fourth-order valence-corrected chi connectivity index (χ4v) is 5.81. The second-order valence-corrected chi connectivity index (χ2v) is 11.0. The molecule has 0 atom stereocenters. The van der Waals surface area contributed by atoms with Gasteiger partial charge in [-0.1, -0.05) is 48.9 Å². The predicted molar refractivity (Wildman–Crippen MR) is 160 cm³/mol. The van der Waals surface area contributed by atoms with E-state index in [9.17, 15) is 27.6 Å². The Morgan fingerprint density at radius 3 is 2.52 bits per heavy atom. The zero-order chi connectivity index (χ0) is 31.0. The summed E-state index contributed by atoms with van der Waals surface area (Å²) in [5.74, 6) is -0.232. The van der Waals surface area contributed by atoms with Crippen LogP contribution in [0.15, 0.2) is 77.6 Å². The van der Waals surface area contributed by atoms with Gasteiger partial charge in [-0.25, -0.2) is 0 Å². The molecule has 0 aliphatic carbocycles. The van der Waals surface area contributed by atoms with Crippen molar-refractivity contribution in [2.45, 2.75) is 25.9 Å². The Morgan fingerprint density at radius 1 is 1.02 bits per heavy atom. The van der Waals surface area contributed by atoms with E-state index in [0.29, 0.717) is 34.2 Å². The monoisotopic (exact) mass is 619 g/mol. The maximum atomic E-state index is 13.7. The lowest BCUT2D eigenvalue weighted by Gasteiger charge is -2.17. The van der Waals surface area contributed by atoms with Crippen molar-refractivity contribution < 1.29 is 27.5 Å². The van der Waals surface area contributed by atoms with Gasteiger partial charge >= 0.3 is 6.18 Å². The van der Waals surface area contributed by atoms with Crippen molar-refractivity contribution in [3.05, 3.63) is 98.8 Å². The predicted octanol–water partition coefficient (Wildman–Crippen LogP) is 4.92. The van der Waals surface area contributed by atoms with Crippen molar-refractivity contribution in [3.63, 3.8) is 0 Å². The minimum atomic E-state index is -4.58. The highest BCUT2D eigenvalue weighted by atomic mass is 32.1. The number of fused-ring (bicyclic) bond motifs is 2. The number of aromatic nitrogens is 3. The summed E-state index contributed by atoms with van der Waals surface area (Å²) in [6.45, 7) is 2.22. The summed E-state index contributed by atoms with van der Waals surface area (Å²) >= 11 is 1.01. The number of rotatable bonds is 8. The molecule has 0 unspecified atom stereocenters. The Morgan fingerprint density at radius 2 is 1.80 bits per heavy atom. The summed E-state index contributed by atoms with van der Waals surface area (Å²) in [5.41, 5.74) is 0.135. The summed E-state index contributed by atoms with van der Waals surface area (Å²) < 4.78 is 46.3. The number of carbonyl (C=O) groups excluding carboxylic acids is 2. The average molecular weight is 620 g/mol. The van der Waals surface area contributed by atoms with Crippen LogP contribution in [0.1, 0.15) is 30.9 Å². The first-order chi connectivity index (χ1) is 21.1. The van der Waals surface area contributed by atoms with Crippen LogP contribution in [0.4, 0.5) is 24.5 Å². The van der Waals surface area contributed by atoms with E-state index in [0.717, 1.165) is 46.6 Å². The number of anilines is 2. The van der Waals surface area contributed by atoms with E-state index < -0.39 is 35.7 Å². The molecule has 5 aromatic rings. The van der Waals surface area contributed by atoms with E-state index in [4.69, 9.17) is 4.74 Å². The molecule has 0 spiro atoms. The van der Waals surface area contributed by atoms with Gasteiger partial charge in [0.2, 0.25) is 10.9 Å². The normalized spacial score (nSPS) is 14.3. The Bertz CT molecular complexity index is 2000. The minimum absolute atomic E-state index is 0.0594. The first kappa shape index (κ1) is 29.1. The van der Waals surface area contributed by atoms with Crippen LogP contribution in [0.2, 0.25) is 0 Å². The van der Waals surface area contributed by atoms with E-state index in [2.05, 4.69) is 22.3 Å². The lowest BCUT2D eigenvalue weighted by Crippen LogP contribution is -2.37. The highest BCUT2D eigenvalue weighted by Gasteiger charge is 2.36. The van der Waals surface area contributed by atoms with Crippen LogP contribution in [-0.2, 0) is 15.8 Å². The van der Waals surface area contributed by atoms with Crippen LogP contribution in [0.5, 0.6) is 5.75 Å². The molecular formula is C31H24F3N5O4S. The van der Waals surface area contributed by atoms with Crippen LogP contribution in [0.3, 0.4) is 0 Å². The molecule has 1 aliphatic rings. The molecular weight excluding hydrogens is 595 g/mol. The van der Waals surface area contributed by atoms with Gasteiger partial charge in [-0.2, -0.15) is 22.7 Å². The SMILES string of the molecule is CCCCOc1ccc(-c2nc3s/c(=C4\C(=O)N(CC(=O)Nc5cccc(C(F)(F)F)c5)c5ccccc54)c(=O)n3n2)cc1. The number of hydrogen-bond donors (Lipinski definition) is 1. The number of benzene rings is 3. The van der Waals surface area contributed by atoms with Crippen LogP contribution in [-0.4, -0.2) is 39.6 Å². The smallest absolute Gasteiger partial charge is 0.416 e. The van der Waals surface area contributed by atoms with Gasteiger partial charge in [0.25, 0.3) is 11.5 Å². The third-order valence-electron chi connectivity index (χ3n) is 6.96. The van der Waals surface area contributed by atoms with Crippen molar-refractivity contribution in [3.8, 4) is 17.1 Å². The van der Waals surface area contributed by atoms with Gasteiger partial charge in [-0.05, 0) is 55.0 Å². The molecule has 1 N–H and O–H groups in total. The number of nitrogens with zero attached hydrogens (tertiary/aromatic N) is 4. The number of ether oxygens (including phenoxy) is 1. The maximum Gasteiger partial charge on any atom is 0.416 e. The zero-order valence-electron chi connectivity index (χ0n) is 23.2. The summed E-state index contributed by atoms with van der Waals surface area (Å²) in [6, 6.07) is 18.1. The van der Waals surface area contributed by atoms with E-state index in [1.165, 1.54) is 17.0 Å². The van der Waals surface area contributed by atoms with Gasteiger partial charge < -0.3 is 10.1 Å². The van der Waals surface area contributed by atoms with Crippen molar-refractivity contribution in [1.29, 1.82) is 0 Å². The molecule has 2 amide bonds. The third kappa shape index (κ3) is 5.53. The number of carbonyl (C=O) groups is 2. The molecule has 0 bridgehead atoms. The van der Waals surface area contributed by atoms with E-state index >= 15 is 0 Å². The third-order valence-corrected chi connectivity index (χ3v) is 7.99. The zero-order valence-corrected chi connectivity index (χ0v) is 24.0. The molecule has 6 rings (SSSR count). The van der Waals surface area contributed by atoms with E-state index in [-0.39, 0.29) is 15.8 Å². The molecule has 1 aliphatic heterocycles. The number of amides is 2. The van der Waals surface area contributed by atoms with Crippen LogP contribution < -0.4 is 25.0 Å². The molecule has 44 heavy (non-hydrogen) atoms. The first-order valence-corrected chi connectivity index (χ1v) is 14.5. The van der Waals surface area contributed by atoms with Gasteiger partial charge in [-0.3, -0.25) is 19.3 Å². The van der Waals surface area contributed by atoms with Crippen molar-refractivity contribution >= 4 is 45.1 Å². The largest absolute Gasteiger partial charge is 0.494 e. The lowest BCUT2D eigenvalue weighted by atomic mass is 10.1. The molecule has 3 heterocycles. The maximum absolute atomic E-state index is 13.7. The fraction of sp³-hybridized carbons (Fsp3) is 0.194. The molecule has 0 saturated heterocycles. The molecule has 9 nitrogen and oxygen atoms in total. The second kappa shape index (κ2) is 11.6. The van der Waals surface area contributed by atoms with Crippen molar-refractivity contribution in [2.24, 2.45) is 0 Å². The van der Waals surface area contributed by atoms with Gasteiger partial charge in [0, 0.05) is 16.8 Å². The molecule has 224 valence electrons. The Balaban J connectivity index is 1.28. The Hall–Kier alpha value is -5.04. The number of nitrogens with one attached hydrogen (secondary N) is 1. The van der Waals surface area contributed by atoms with Gasteiger partial charge in [0.05, 0.1) is 23.4 Å². The summed E-state index contributed by atoms with van der Waals surface area (Å²) in [5, 5.41) is 6.80. The van der Waals surface area contributed by atoms with Crippen molar-refractivity contribution in [2.75, 3.05) is 23.4 Å². The van der Waals surface area contributed by atoms with Crippen LogP contribution in [0, 0.1) is 0 Å².